The first-order chi connectivity index (χ1) is 9.16. The maximum absolute atomic E-state index is 9.90. The van der Waals surface area contributed by atoms with Crippen molar-refractivity contribution >= 4 is 11.3 Å². The predicted molar refractivity (Wildman–Crippen MR) is 78.5 cm³/mol. The summed E-state index contributed by atoms with van der Waals surface area (Å²) >= 11 is 1.59. The molecule has 19 heavy (non-hydrogen) atoms. The minimum absolute atomic E-state index is 0.395. The van der Waals surface area contributed by atoms with Crippen LogP contribution in [0.1, 0.15) is 28.8 Å². The molecule has 0 aliphatic heterocycles. The molecule has 4 nitrogen and oxygen atoms in total. The van der Waals surface area contributed by atoms with Crippen molar-refractivity contribution in [1.82, 2.24) is 15.1 Å². The van der Waals surface area contributed by atoms with Crippen LogP contribution >= 0.6 is 11.3 Å². The van der Waals surface area contributed by atoms with Crippen LogP contribution in [-0.2, 0) is 6.54 Å². The van der Waals surface area contributed by atoms with Crippen molar-refractivity contribution in [2.24, 2.45) is 0 Å². The van der Waals surface area contributed by atoms with Gasteiger partial charge in [0.15, 0.2) is 0 Å². The Hall–Kier alpha value is -1.17. The summed E-state index contributed by atoms with van der Waals surface area (Å²) in [5.74, 6) is 0. The van der Waals surface area contributed by atoms with E-state index >= 15 is 0 Å². The van der Waals surface area contributed by atoms with E-state index in [0.29, 0.717) is 6.54 Å². The van der Waals surface area contributed by atoms with Crippen LogP contribution in [0.2, 0.25) is 0 Å². The lowest BCUT2D eigenvalue weighted by Gasteiger charge is -2.10. The van der Waals surface area contributed by atoms with E-state index < -0.39 is 6.10 Å². The number of aliphatic hydroxyl groups excluding tert-OH is 1. The molecule has 1 atom stereocenters. The third-order valence-corrected chi connectivity index (χ3v) is 4.01. The highest BCUT2D eigenvalue weighted by Crippen LogP contribution is 2.17. The molecule has 2 N–H and O–H groups in total. The van der Waals surface area contributed by atoms with Gasteiger partial charge in [-0.1, -0.05) is 6.07 Å². The Morgan fingerprint density at radius 2 is 2.32 bits per heavy atom. The largest absolute Gasteiger partial charge is 0.386 e. The highest BCUT2D eigenvalue weighted by molar-refractivity contribution is 7.10. The highest BCUT2D eigenvalue weighted by Gasteiger charge is 2.07. The average Bonchev–Trinajstić information content (AvgIpc) is 2.99. The van der Waals surface area contributed by atoms with Gasteiger partial charge in [0.1, 0.15) is 6.10 Å². The highest BCUT2D eigenvalue weighted by atomic mass is 32.1. The normalized spacial score (nSPS) is 12.8. The molecular weight excluding hydrogens is 258 g/mol. The van der Waals surface area contributed by atoms with Crippen LogP contribution in [0.25, 0.3) is 0 Å². The van der Waals surface area contributed by atoms with Crippen LogP contribution in [0.5, 0.6) is 0 Å². The first-order valence-corrected chi connectivity index (χ1v) is 7.48. The lowest BCUT2D eigenvalue weighted by atomic mass is 10.3. The first-order valence-electron chi connectivity index (χ1n) is 6.60. The van der Waals surface area contributed by atoms with Gasteiger partial charge in [-0.25, -0.2) is 0 Å². The second-order valence-electron chi connectivity index (χ2n) is 4.74. The summed E-state index contributed by atoms with van der Waals surface area (Å²) in [4.78, 5) is 1.02. The molecule has 104 valence electrons. The molecule has 0 spiro atoms. The van der Waals surface area contributed by atoms with E-state index in [-0.39, 0.29) is 0 Å². The monoisotopic (exact) mass is 279 g/mol. The molecule has 2 rings (SSSR count). The molecule has 0 aliphatic carbocycles. The van der Waals surface area contributed by atoms with Crippen molar-refractivity contribution in [2.75, 3.05) is 13.1 Å². The molecule has 0 aromatic carbocycles. The molecule has 2 aromatic heterocycles. The van der Waals surface area contributed by atoms with E-state index in [9.17, 15) is 5.11 Å². The number of nitrogens with one attached hydrogen (secondary N) is 1. The molecule has 0 amide bonds. The summed E-state index contributed by atoms with van der Waals surface area (Å²) < 4.78 is 2.03. The second kappa shape index (κ2) is 6.84. The van der Waals surface area contributed by atoms with Crippen molar-refractivity contribution in [3.63, 3.8) is 0 Å². The number of thiophene rings is 1. The van der Waals surface area contributed by atoms with Gasteiger partial charge in [-0.05, 0) is 44.3 Å². The van der Waals surface area contributed by atoms with Crippen molar-refractivity contribution in [3.05, 3.63) is 39.8 Å². The molecule has 1 unspecified atom stereocenters. The molecule has 0 fully saturated rings. The van der Waals surface area contributed by atoms with E-state index in [1.165, 1.54) is 5.69 Å². The molecule has 0 saturated carbocycles. The fourth-order valence-corrected chi connectivity index (χ4v) is 2.79. The van der Waals surface area contributed by atoms with Gasteiger partial charge in [0, 0.05) is 23.7 Å². The first kappa shape index (κ1) is 14.2. The summed E-state index contributed by atoms with van der Waals surface area (Å²) in [6.45, 7) is 6.51. The third-order valence-electron chi connectivity index (χ3n) is 3.04. The Morgan fingerprint density at radius 1 is 1.47 bits per heavy atom. The van der Waals surface area contributed by atoms with Crippen LogP contribution in [0.4, 0.5) is 0 Å². The van der Waals surface area contributed by atoms with E-state index in [2.05, 4.69) is 23.4 Å². The molecule has 0 radical (unpaired) electrons. The van der Waals surface area contributed by atoms with Crippen LogP contribution < -0.4 is 5.32 Å². The zero-order chi connectivity index (χ0) is 13.7. The Kier molecular flexibility index (Phi) is 5.13. The SMILES string of the molecule is Cc1cc(C)n(CCCNCC(O)c2cccs2)n1. The van der Waals surface area contributed by atoms with Crippen molar-refractivity contribution in [1.29, 1.82) is 0 Å². The lowest BCUT2D eigenvalue weighted by Crippen LogP contribution is -2.23. The van der Waals surface area contributed by atoms with E-state index in [1.54, 1.807) is 11.3 Å². The van der Waals surface area contributed by atoms with Crippen molar-refractivity contribution < 1.29 is 5.11 Å². The topological polar surface area (TPSA) is 50.1 Å². The Labute approximate surface area is 118 Å². The number of aryl methyl sites for hydroxylation is 3. The van der Waals surface area contributed by atoms with Crippen LogP contribution in [0, 0.1) is 13.8 Å². The number of hydrogen-bond donors (Lipinski definition) is 2. The summed E-state index contributed by atoms with van der Waals surface area (Å²) in [6.07, 6.45) is 0.618. The van der Waals surface area contributed by atoms with Gasteiger partial charge in [-0.15, -0.1) is 11.3 Å². The van der Waals surface area contributed by atoms with Crippen LogP contribution in [-0.4, -0.2) is 28.0 Å². The van der Waals surface area contributed by atoms with E-state index in [1.807, 2.05) is 29.1 Å². The van der Waals surface area contributed by atoms with E-state index in [4.69, 9.17) is 0 Å². The van der Waals surface area contributed by atoms with Gasteiger partial charge in [-0.3, -0.25) is 4.68 Å². The lowest BCUT2D eigenvalue weighted by molar-refractivity contribution is 0.178. The number of rotatable bonds is 7. The standard InChI is InChI=1S/C14H21N3OS/c1-11-9-12(2)17(16-11)7-4-6-15-10-13(18)14-5-3-8-19-14/h3,5,8-9,13,15,18H,4,6-7,10H2,1-2H3. The number of nitrogens with zero attached hydrogens (tertiary/aromatic N) is 2. The van der Waals surface area contributed by atoms with Gasteiger partial charge < -0.3 is 10.4 Å². The minimum Gasteiger partial charge on any atom is -0.386 e. The maximum atomic E-state index is 9.90. The average molecular weight is 279 g/mol. The minimum atomic E-state index is -0.395. The van der Waals surface area contributed by atoms with Gasteiger partial charge in [0.05, 0.1) is 5.69 Å². The maximum Gasteiger partial charge on any atom is 0.101 e. The molecule has 2 heterocycles. The Bertz CT molecular complexity index is 493. The van der Waals surface area contributed by atoms with Gasteiger partial charge in [-0.2, -0.15) is 5.10 Å². The summed E-state index contributed by atoms with van der Waals surface area (Å²) in [5, 5.41) is 19.6. The number of aliphatic hydroxyl groups is 1. The van der Waals surface area contributed by atoms with Gasteiger partial charge in [0.2, 0.25) is 0 Å². The Morgan fingerprint density at radius 3 is 2.95 bits per heavy atom. The van der Waals surface area contributed by atoms with Crippen LogP contribution in [0.3, 0.4) is 0 Å². The smallest absolute Gasteiger partial charge is 0.101 e. The molecule has 0 aliphatic rings. The summed E-state index contributed by atoms with van der Waals surface area (Å²) in [6, 6.07) is 6.02. The fraction of sp³-hybridized carbons (Fsp3) is 0.500. The summed E-state index contributed by atoms with van der Waals surface area (Å²) in [5.41, 5.74) is 2.27. The van der Waals surface area contributed by atoms with Crippen molar-refractivity contribution in [3.8, 4) is 0 Å². The molecule has 2 aromatic rings. The molecule has 5 heteroatoms. The van der Waals surface area contributed by atoms with Crippen LogP contribution in [0.15, 0.2) is 23.6 Å². The second-order valence-corrected chi connectivity index (χ2v) is 5.72. The van der Waals surface area contributed by atoms with Crippen molar-refractivity contribution in [2.45, 2.75) is 32.9 Å². The molecule has 0 bridgehead atoms. The van der Waals surface area contributed by atoms with Gasteiger partial charge in [0.25, 0.3) is 0 Å². The quantitative estimate of drug-likeness (QED) is 0.765. The number of hydrogen-bond acceptors (Lipinski definition) is 4. The zero-order valence-corrected chi connectivity index (χ0v) is 12.3. The number of aromatic nitrogens is 2. The summed E-state index contributed by atoms with van der Waals surface area (Å²) in [7, 11) is 0. The Balaban J connectivity index is 1.63. The molecule has 0 saturated heterocycles. The fourth-order valence-electron chi connectivity index (χ4n) is 2.08. The third kappa shape index (κ3) is 4.16. The van der Waals surface area contributed by atoms with Gasteiger partial charge >= 0.3 is 0 Å². The zero-order valence-electron chi connectivity index (χ0n) is 11.5. The predicted octanol–water partition coefficient (Wildman–Crippen LogP) is 2.27. The molecular formula is C14H21N3OS. The van der Waals surface area contributed by atoms with E-state index in [0.717, 1.165) is 30.1 Å².